The highest BCUT2D eigenvalue weighted by Crippen LogP contribution is 2.01. The van der Waals surface area contributed by atoms with Gasteiger partial charge in [0.2, 0.25) is 5.24 Å². The Labute approximate surface area is 52.6 Å². The number of alkyl halides is 1. The summed E-state index contributed by atoms with van der Waals surface area (Å²) in [6.07, 6.45) is 0. The molecule has 0 rings (SSSR count). The predicted octanol–water partition coefficient (Wildman–Crippen LogP) is 1.63. The maximum absolute atomic E-state index is 10.1. The molecule has 42 valence electrons. The van der Waals surface area contributed by atoms with Crippen LogP contribution in [0.3, 0.4) is 0 Å². The summed E-state index contributed by atoms with van der Waals surface area (Å²) >= 11 is 10.2. The minimum atomic E-state index is -0.366. The molecule has 0 aromatic rings. The zero-order chi connectivity index (χ0) is 5.86. The molecule has 0 aliphatic rings. The molecule has 0 aliphatic heterocycles. The van der Waals surface area contributed by atoms with Crippen LogP contribution in [-0.2, 0) is 4.79 Å². The molecule has 0 spiro atoms. The van der Waals surface area contributed by atoms with Gasteiger partial charge in [0.1, 0.15) is 0 Å². The van der Waals surface area contributed by atoms with Gasteiger partial charge in [-0.3, -0.25) is 4.79 Å². The van der Waals surface area contributed by atoms with E-state index in [-0.39, 0.29) is 11.2 Å². The standard InChI is InChI=1S/C4H6Cl2O/c1-3(2-5)4(6)7/h3H,2H2,1H3/t3-/m1/s1. The zero-order valence-corrected chi connectivity index (χ0v) is 5.46. The molecule has 0 saturated heterocycles. The fourth-order valence-electron chi connectivity index (χ4n) is 0.0607. The van der Waals surface area contributed by atoms with Crippen LogP contribution in [0.15, 0.2) is 0 Å². The van der Waals surface area contributed by atoms with Crippen LogP contribution in [0.5, 0.6) is 0 Å². The molecule has 0 N–H and O–H groups in total. The molecule has 7 heavy (non-hydrogen) atoms. The molecule has 3 heteroatoms. The molecule has 1 nitrogen and oxygen atoms in total. The lowest BCUT2D eigenvalue weighted by Crippen LogP contribution is -2.03. The Morgan fingerprint density at radius 1 is 1.86 bits per heavy atom. The molecule has 0 aromatic carbocycles. The molecule has 0 bridgehead atoms. The monoisotopic (exact) mass is 140 g/mol. The van der Waals surface area contributed by atoms with E-state index in [1.807, 2.05) is 0 Å². The molecule has 0 aromatic heterocycles. The highest BCUT2D eigenvalue weighted by atomic mass is 35.5. The van der Waals surface area contributed by atoms with E-state index in [9.17, 15) is 4.79 Å². The molecule has 0 amide bonds. The van der Waals surface area contributed by atoms with Crippen LogP contribution in [0.4, 0.5) is 0 Å². The number of hydrogen-bond acceptors (Lipinski definition) is 1. The number of halogens is 2. The second-order valence-electron chi connectivity index (χ2n) is 1.36. The van der Waals surface area contributed by atoms with Crippen LogP contribution in [0.1, 0.15) is 6.92 Å². The van der Waals surface area contributed by atoms with Crippen molar-refractivity contribution < 1.29 is 4.79 Å². The van der Waals surface area contributed by atoms with E-state index < -0.39 is 0 Å². The molecule has 0 radical (unpaired) electrons. The Morgan fingerprint density at radius 3 is 2.29 bits per heavy atom. The summed E-state index contributed by atoms with van der Waals surface area (Å²) in [4.78, 5) is 10.1. The zero-order valence-electron chi connectivity index (χ0n) is 3.95. The second kappa shape index (κ2) is 3.28. The highest BCUT2D eigenvalue weighted by molar-refractivity contribution is 6.64. The first-order valence-electron chi connectivity index (χ1n) is 1.93. The average molecular weight is 141 g/mol. The quantitative estimate of drug-likeness (QED) is 0.421. The van der Waals surface area contributed by atoms with E-state index in [0.29, 0.717) is 5.88 Å². The van der Waals surface area contributed by atoms with Gasteiger partial charge in [0.25, 0.3) is 0 Å². The van der Waals surface area contributed by atoms with E-state index in [1.54, 1.807) is 6.92 Å². The van der Waals surface area contributed by atoms with Crippen molar-refractivity contribution >= 4 is 28.4 Å². The van der Waals surface area contributed by atoms with E-state index >= 15 is 0 Å². The Balaban J connectivity index is 3.34. The maximum atomic E-state index is 10.1. The fraction of sp³-hybridized carbons (Fsp3) is 0.750. The first kappa shape index (κ1) is 7.25. The van der Waals surface area contributed by atoms with Crippen molar-refractivity contribution in [2.24, 2.45) is 5.92 Å². The number of hydrogen-bond donors (Lipinski definition) is 0. The van der Waals surface area contributed by atoms with Crippen LogP contribution in [0, 0.1) is 5.92 Å². The largest absolute Gasteiger partial charge is 0.281 e. The van der Waals surface area contributed by atoms with E-state index in [0.717, 1.165) is 0 Å². The molecule has 0 heterocycles. The number of carbonyl (C=O) groups excluding carboxylic acids is 1. The van der Waals surface area contributed by atoms with Crippen molar-refractivity contribution in [3.63, 3.8) is 0 Å². The lowest BCUT2D eigenvalue weighted by molar-refractivity contribution is -0.114. The van der Waals surface area contributed by atoms with Gasteiger partial charge in [-0.15, -0.1) is 11.6 Å². The van der Waals surface area contributed by atoms with Gasteiger partial charge in [0.05, 0.1) is 0 Å². The first-order chi connectivity index (χ1) is 3.18. The van der Waals surface area contributed by atoms with Crippen LogP contribution in [0.25, 0.3) is 0 Å². The Morgan fingerprint density at radius 2 is 2.29 bits per heavy atom. The highest BCUT2D eigenvalue weighted by Gasteiger charge is 2.05. The molecule has 0 unspecified atom stereocenters. The summed E-state index contributed by atoms with van der Waals surface area (Å²) in [5.74, 6) is 0.103. The molecular formula is C4H6Cl2O. The van der Waals surface area contributed by atoms with Gasteiger partial charge in [-0.1, -0.05) is 6.92 Å². The summed E-state index contributed by atoms with van der Waals surface area (Å²) in [6.45, 7) is 1.68. The molecule has 1 atom stereocenters. The topological polar surface area (TPSA) is 17.1 Å². The van der Waals surface area contributed by atoms with E-state index in [4.69, 9.17) is 23.2 Å². The maximum Gasteiger partial charge on any atom is 0.225 e. The third-order valence-electron chi connectivity index (χ3n) is 0.619. The first-order valence-corrected chi connectivity index (χ1v) is 2.85. The average Bonchev–Trinajstić information content (AvgIpc) is 1.65. The van der Waals surface area contributed by atoms with Gasteiger partial charge in [0.15, 0.2) is 0 Å². The van der Waals surface area contributed by atoms with Crippen LogP contribution >= 0.6 is 23.2 Å². The van der Waals surface area contributed by atoms with Crippen molar-refractivity contribution in [1.82, 2.24) is 0 Å². The van der Waals surface area contributed by atoms with Crippen molar-refractivity contribution in [1.29, 1.82) is 0 Å². The van der Waals surface area contributed by atoms with Gasteiger partial charge in [-0.05, 0) is 11.6 Å². The summed E-state index contributed by atoms with van der Waals surface area (Å²) in [6, 6.07) is 0. The number of rotatable bonds is 2. The normalized spacial score (nSPS) is 13.6. The van der Waals surface area contributed by atoms with E-state index in [1.165, 1.54) is 0 Å². The van der Waals surface area contributed by atoms with Gasteiger partial charge in [-0.2, -0.15) is 0 Å². The fourth-order valence-corrected chi connectivity index (χ4v) is 0.357. The summed E-state index contributed by atoms with van der Waals surface area (Å²) in [7, 11) is 0. The Bertz CT molecular complexity index is 72.1. The molecule has 0 aliphatic carbocycles. The lowest BCUT2D eigenvalue weighted by atomic mass is 10.3. The van der Waals surface area contributed by atoms with Gasteiger partial charge < -0.3 is 0 Å². The van der Waals surface area contributed by atoms with Crippen LogP contribution < -0.4 is 0 Å². The van der Waals surface area contributed by atoms with Crippen molar-refractivity contribution in [3.05, 3.63) is 0 Å². The Hall–Kier alpha value is 0.250. The molecule has 0 fully saturated rings. The second-order valence-corrected chi connectivity index (χ2v) is 2.04. The number of carbonyl (C=O) groups is 1. The third-order valence-corrected chi connectivity index (χ3v) is 1.45. The van der Waals surface area contributed by atoms with Crippen molar-refractivity contribution in [3.8, 4) is 0 Å². The SMILES string of the molecule is C[C@H](CCl)C(=O)Cl. The Kier molecular flexibility index (Phi) is 3.39. The lowest BCUT2D eigenvalue weighted by Gasteiger charge is -1.94. The molecule has 0 saturated carbocycles. The van der Waals surface area contributed by atoms with Gasteiger partial charge in [-0.25, -0.2) is 0 Å². The van der Waals surface area contributed by atoms with Crippen molar-refractivity contribution in [2.75, 3.05) is 5.88 Å². The van der Waals surface area contributed by atoms with E-state index in [2.05, 4.69) is 0 Å². The summed E-state index contributed by atoms with van der Waals surface area (Å²) < 4.78 is 0. The van der Waals surface area contributed by atoms with Crippen molar-refractivity contribution in [2.45, 2.75) is 6.92 Å². The van der Waals surface area contributed by atoms with Gasteiger partial charge >= 0.3 is 0 Å². The van der Waals surface area contributed by atoms with Crippen LogP contribution in [0.2, 0.25) is 0 Å². The summed E-state index contributed by atoms with van der Waals surface area (Å²) in [5, 5.41) is -0.366. The predicted molar refractivity (Wildman–Crippen MR) is 30.7 cm³/mol. The third kappa shape index (κ3) is 2.89. The summed E-state index contributed by atoms with van der Waals surface area (Å²) in [5.41, 5.74) is 0. The minimum absolute atomic E-state index is 0.205. The van der Waals surface area contributed by atoms with Crippen LogP contribution in [-0.4, -0.2) is 11.1 Å². The smallest absolute Gasteiger partial charge is 0.225 e. The molecular weight excluding hydrogens is 135 g/mol. The van der Waals surface area contributed by atoms with Gasteiger partial charge in [0, 0.05) is 11.8 Å². The minimum Gasteiger partial charge on any atom is -0.281 e.